The Morgan fingerprint density at radius 1 is 1.24 bits per heavy atom. The quantitative estimate of drug-likeness (QED) is 0.478. The van der Waals surface area contributed by atoms with Crippen molar-refractivity contribution >= 4 is 29.8 Å². The topological polar surface area (TPSA) is 99.5 Å². The molecule has 0 saturated heterocycles. The Labute approximate surface area is 201 Å². The van der Waals surface area contributed by atoms with Crippen LogP contribution in [0.2, 0.25) is 0 Å². The average Bonchev–Trinajstić information content (AvgIpc) is 3.15. The summed E-state index contributed by atoms with van der Waals surface area (Å²) in [5, 5.41) is 15.8. The molecule has 1 amide bonds. The van der Waals surface area contributed by atoms with Gasteiger partial charge in [-0.15, -0.1) is 0 Å². The number of carbonyl (C=O) groups excluding carboxylic acids is 1. The van der Waals surface area contributed by atoms with Gasteiger partial charge in [-0.3, -0.25) is 19.1 Å². The average molecular weight is 475 g/mol. The van der Waals surface area contributed by atoms with Gasteiger partial charge in [0.2, 0.25) is 11.8 Å². The molecule has 34 heavy (non-hydrogen) atoms. The first-order valence-corrected chi connectivity index (χ1v) is 11.5. The highest BCUT2D eigenvalue weighted by Gasteiger charge is 2.18. The van der Waals surface area contributed by atoms with E-state index in [-0.39, 0.29) is 22.1 Å². The number of aromatic nitrogens is 2. The zero-order valence-electron chi connectivity index (χ0n) is 19.3. The van der Waals surface area contributed by atoms with Crippen molar-refractivity contribution in [1.82, 2.24) is 14.9 Å². The van der Waals surface area contributed by atoms with Crippen molar-refractivity contribution in [3.8, 4) is 11.6 Å². The fourth-order valence-electron chi connectivity index (χ4n) is 4.08. The fraction of sp³-hybridized carbons (Fsp3) is 0.231. The molecule has 0 unspecified atom stereocenters. The standard InChI is InChI=1S/C26H26N4O3S/c1-4-23(31)27-12-11-18-17-7-5-6-8-20(17)28-21(18)14-19-24(32)29-26(34)30(25(19)33)22-10-9-15(2)13-16(22)3/h5-10,13-14,33H,4,11-12H2,1-3H3,(H,27,31)(H,29,32,34)/b21-14-. The molecule has 2 heterocycles. The van der Waals surface area contributed by atoms with Crippen LogP contribution in [0.15, 0.2) is 57.9 Å². The second-order valence-corrected chi connectivity index (χ2v) is 8.60. The Bertz CT molecular complexity index is 1560. The first-order chi connectivity index (χ1) is 16.3. The summed E-state index contributed by atoms with van der Waals surface area (Å²) in [6, 6.07) is 13.4. The molecular weight excluding hydrogens is 448 g/mol. The lowest BCUT2D eigenvalue weighted by atomic mass is 10.1. The first kappa shape index (κ1) is 23.4. The molecule has 1 aliphatic rings. The van der Waals surface area contributed by atoms with Gasteiger partial charge in [0, 0.05) is 18.2 Å². The third-order valence-corrected chi connectivity index (χ3v) is 6.08. The predicted octanol–water partition coefficient (Wildman–Crippen LogP) is 2.96. The minimum absolute atomic E-state index is 0.0287. The van der Waals surface area contributed by atoms with E-state index in [9.17, 15) is 14.7 Å². The molecule has 7 nitrogen and oxygen atoms in total. The predicted molar refractivity (Wildman–Crippen MR) is 135 cm³/mol. The van der Waals surface area contributed by atoms with E-state index in [0.29, 0.717) is 30.8 Å². The molecule has 0 fully saturated rings. The number of para-hydroxylation sites is 1. The number of hydrogen-bond acceptors (Lipinski definition) is 5. The van der Waals surface area contributed by atoms with Crippen LogP contribution in [0.5, 0.6) is 5.88 Å². The van der Waals surface area contributed by atoms with Crippen molar-refractivity contribution in [2.24, 2.45) is 4.99 Å². The van der Waals surface area contributed by atoms with Crippen molar-refractivity contribution in [3.63, 3.8) is 0 Å². The van der Waals surface area contributed by atoms with Crippen LogP contribution in [0.25, 0.3) is 17.3 Å². The molecule has 0 aliphatic carbocycles. The molecule has 2 aromatic carbocycles. The summed E-state index contributed by atoms with van der Waals surface area (Å²) in [7, 11) is 0. The van der Waals surface area contributed by atoms with E-state index in [1.165, 1.54) is 4.57 Å². The smallest absolute Gasteiger partial charge is 0.262 e. The Morgan fingerprint density at radius 3 is 2.74 bits per heavy atom. The van der Waals surface area contributed by atoms with E-state index in [2.05, 4.69) is 10.3 Å². The lowest BCUT2D eigenvalue weighted by Gasteiger charge is -2.14. The Hall–Kier alpha value is -3.78. The number of nitrogens with one attached hydrogen (secondary N) is 2. The highest BCUT2D eigenvalue weighted by Crippen LogP contribution is 2.27. The van der Waals surface area contributed by atoms with Crippen LogP contribution < -0.4 is 21.5 Å². The number of allylic oxidation sites excluding steroid dienone is 1. The summed E-state index contributed by atoms with van der Waals surface area (Å²) in [4.78, 5) is 31.9. The van der Waals surface area contributed by atoms with Crippen molar-refractivity contribution in [3.05, 3.63) is 90.6 Å². The second kappa shape index (κ2) is 9.61. The van der Waals surface area contributed by atoms with Crippen molar-refractivity contribution in [2.45, 2.75) is 33.6 Å². The zero-order chi connectivity index (χ0) is 24.4. The monoisotopic (exact) mass is 474 g/mol. The molecule has 1 aromatic heterocycles. The van der Waals surface area contributed by atoms with Crippen LogP contribution in [0.1, 0.15) is 36.5 Å². The Balaban J connectivity index is 1.85. The van der Waals surface area contributed by atoms with Gasteiger partial charge in [0.15, 0.2) is 4.77 Å². The SMILES string of the molecule is CCC(=O)NCCC1=c2ccccc2=N/C1=C\c1c(O)n(-c2ccc(C)cc2C)c(=S)[nH]c1=O. The van der Waals surface area contributed by atoms with Crippen molar-refractivity contribution in [2.75, 3.05) is 6.54 Å². The minimum Gasteiger partial charge on any atom is -0.494 e. The number of hydrogen-bond donors (Lipinski definition) is 3. The largest absolute Gasteiger partial charge is 0.494 e. The number of aryl methyl sites for hydroxylation is 2. The van der Waals surface area contributed by atoms with Gasteiger partial charge < -0.3 is 10.4 Å². The fourth-order valence-corrected chi connectivity index (χ4v) is 4.36. The number of H-pyrrole nitrogens is 1. The number of amides is 1. The van der Waals surface area contributed by atoms with Crippen LogP contribution in [-0.4, -0.2) is 27.1 Å². The maximum Gasteiger partial charge on any atom is 0.262 e. The molecule has 0 bridgehead atoms. The van der Waals surface area contributed by atoms with Crippen LogP contribution >= 0.6 is 12.2 Å². The van der Waals surface area contributed by atoms with Crippen molar-refractivity contribution < 1.29 is 9.90 Å². The molecule has 0 atom stereocenters. The maximum atomic E-state index is 12.8. The van der Waals surface area contributed by atoms with E-state index in [4.69, 9.17) is 17.2 Å². The third kappa shape index (κ3) is 4.49. The van der Waals surface area contributed by atoms with Gasteiger partial charge >= 0.3 is 0 Å². The van der Waals surface area contributed by atoms with Crippen LogP contribution in [-0.2, 0) is 4.79 Å². The highest BCUT2D eigenvalue weighted by atomic mass is 32.1. The summed E-state index contributed by atoms with van der Waals surface area (Å²) in [6.07, 6.45) is 2.53. The third-order valence-electron chi connectivity index (χ3n) is 5.79. The molecule has 8 heteroatoms. The molecule has 3 aromatic rings. The van der Waals surface area contributed by atoms with Gasteiger partial charge in [-0.25, -0.2) is 4.99 Å². The summed E-state index contributed by atoms with van der Waals surface area (Å²) >= 11 is 5.37. The van der Waals surface area contributed by atoms with Gasteiger partial charge in [0.25, 0.3) is 5.56 Å². The Kier molecular flexibility index (Phi) is 6.61. The van der Waals surface area contributed by atoms with E-state index in [0.717, 1.165) is 27.3 Å². The van der Waals surface area contributed by atoms with Crippen molar-refractivity contribution in [1.29, 1.82) is 0 Å². The van der Waals surface area contributed by atoms with Crippen LogP contribution in [0.4, 0.5) is 0 Å². The maximum absolute atomic E-state index is 12.8. The number of benzene rings is 2. The Morgan fingerprint density at radius 2 is 2.00 bits per heavy atom. The van der Waals surface area contributed by atoms with Gasteiger partial charge in [0.05, 0.1) is 16.7 Å². The molecule has 3 N–H and O–H groups in total. The van der Waals surface area contributed by atoms with Gasteiger partial charge in [-0.05, 0) is 61.8 Å². The van der Waals surface area contributed by atoms with Gasteiger partial charge in [0.1, 0.15) is 5.56 Å². The lowest BCUT2D eigenvalue weighted by molar-refractivity contribution is -0.120. The lowest BCUT2D eigenvalue weighted by Crippen LogP contribution is -2.26. The van der Waals surface area contributed by atoms with E-state index in [1.54, 1.807) is 13.0 Å². The first-order valence-electron chi connectivity index (χ1n) is 11.1. The van der Waals surface area contributed by atoms with Crippen LogP contribution in [0.3, 0.4) is 0 Å². The number of carbonyl (C=O) groups is 1. The van der Waals surface area contributed by atoms with Gasteiger partial charge in [-0.1, -0.05) is 42.8 Å². The number of nitrogens with zero attached hydrogens (tertiary/aromatic N) is 2. The molecule has 0 radical (unpaired) electrons. The molecule has 0 spiro atoms. The molecule has 174 valence electrons. The van der Waals surface area contributed by atoms with E-state index >= 15 is 0 Å². The number of fused-ring (bicyclic) bond motifs is 1. The molecular formula is C26H26N4O3S. The molecule has 1 aliphatic heterocycles. The number of aromatic amines is 1. The summed E-state index contributed by atoms with van der Waals surface area (Å²) in [6.45, 7) is 6.15. The summed E-state index contributed by atoms with van der Waals surface area (Å²) < 4.78 is 1.57. The normalized spacial score (nSPS) is 13.6. The molecule has 0 saturated carbocycles. The minimum atomic E-state index is -0.499. The summed E-state index contributed by atoms with van der Waals surface area (Å²) in [5.74, 6) is -0.281. The second-order valence-electron chi connectivity index (χ2n) is 8.21. The van der Waals surface area contributed by atoms with E-state index < -0.39 is 5.56 Å². The zero-order valence-corrected chi connectivity index (χ0v) is 20.1. The van der Waals surface area contributed by atoms with Gasteiger partial charge in [-0.2, -0.15) is 0 Å². The number of rotatable bonds is 6. The number of aromatic hydroxyl groups is 1. The van der Waals surface area contributed by atoms with Crippen LogP contribution in [0, 0.1) is 18.6 Å². The summed E-state index contributed by atoms with van der Waals surface area (Å²) in [5.41, 5.74) is 3.70. The molecule has 4 rings (SSSR count). The highest BCUT2D eigenvalue weighted by molar-refractivity contribution is 7.71. The van der Waals surface area contributed by atoms with E-state index in [1.807, 2.05) is 56.3 Å².